The molecule has 212 valence electrons. The smallest absolute Gasteiger partial charge is 0.272 e. The number of nitrogens with zero attached hydrogens (tertiary/aromatic N) is 1. The van der Waals surface area contributed by atoms with Gasteiger partial charge in [-0.25, -0.2) is 0 Å². The molecule has 1 aliphatic rings. The van der Waals surface area contributed by atoms with E-state index in [0.717, 1.165) is 16.7 Å². The number of hydrogen-bond donors (Lipinski definition) is 2. The van der Waals surface area contributed by atoms with Gasteiger partial charge in [-0.2, -0.15) is 0 Å². The van der Waals surface area contributed by atoms with Crippen LogP contribution in [0.2, 0.25) is 0 Å². The van der Waals surface area contributed by atoms with E-state index in [4.69, 9.17) is 18.9 Å². The van der Waals surface area contributed by atoms with E-state index in [2.05, 4.69) is 10.3 Å². The highest BCUT2D eigenvalue weighted by atomic mass is 16.6. The van der Waals surface area contributed by atoms with E-state index in [1.54, 1.807) is 18.2 Å². The third kappa shape index (κ3) is 7.43. The lowest BCUT2D eigenvalue weighted by Gasteiger charge is -2.49. The molecule has 0 unspecified atom stereocenters. The fourth-order valence-electron chi connectivity index (χ4n) is 4.78. The predicted octanol–water partition coefficient (Wildman–Crippen LogP) is 4.29. The van der Waals surface area contributed by atoms with Crippen LogP contribution in [0.3, 0.4) is 0 Å². The molecule has 0 radical (unpaired) electrons. The number of amides is 1. The first-order valence-corrected chi connectivity index (χ1v) is 13.6. The van der Waals surface area contributed by atoms with Crippen molar-refractivity contribution in [1.82, 2.24) is 10.3 Å². The molecule has 1 amide bonds. The van der Waals surface area contributed by atoms with E-state index in [1.807, 2.05) is 91.0 Å². The molecule has 1 saturated heterocycles. The van der Waals surface area contributed by atoms with Gasteiger partial charge in [-0.15, -0.1) is 0 Å². The number of aliphatic hydroxyl groups excluding tert-OH is 1. The number of nitrogens with one attached hydrogen (secondary N) is 1. The van der Waals surface area contributed by atoms with Crippen molar-refractivity contribution in [3.63, 3.8) is 0 Å². The molecule has 4 aromatic rings. The maximum atomic E-state index is 13.3. The maximum Gasteiger partial charge on any atom is 0.272 e. The van der Waals surface area contributed by atoms with Crippen molar-refractivity contribution >= 4 is 5.91 Å². The number of aliphatic hydroxyl groups is 1. The zero-order chi connectivity index (χ0) is 28.3. The second-order valence-corrected chi connectivity index (χ2v) is 9.84. The van der Waals surface area contributed by atoms with Gasteiger partial charge in [0.15, 0.2) is 5.72 Å². The molecular weight excluding hydrogens is 520 g/mol. The number of carbonyl (C=O) groups is 1. The summed E-state index contributed by atoms with van der Waals surface area (Å²) in [5.74, 6) is -0.501. The molecule has 8 nitrogen and oxygen atoms in total. The summed E-state index contributed by atoms with van der Waals surface area (Å²) in [6.45, 7) is 0.310. The normalized spacial score (nSPS) is 22.2. The van der Waals surface area contributed by atoms with Crippen molar-refractivity contribution in [2.45, 2.75) is 43.9 Å². The van der Waals surface area contributed by atoms with Crippen LogP contribution in [0.1, 0.15) is 27.2 Å². The topological polar surface area (TPSA) is 99.1 Å². The van der Waals surface area contributed by atoms with Crippen LogP contribution in [0.5, 0.6) is 0 Å². The van der Waals surface area contributed by atoms with E-state index in [9.17, 15) is 9.90 Å². The van der Waals surface area contributed by atoms with Gasteiger partial charge in [0.1, 0.15) is 24.0 Å². The van der Waals surface area contributed by atoms with Gasteiger partial charge in [0.25, 0.3) is 5.91 Å². The average Bonchev–Trinajstić information content (AvgIpc) is 3.04. The van der Waals surface area contributed by atoms with Crippen molar-refractivity contribution in [3.8, 4) is 0 Å². The lowest BCUT2D eigenvalue weighted by molar-refractivity contribution is -0.289. The minimum absolute atomic E-state index is 0.0561. The van der Waals surface area contributed by atoms with E-state index in [-0.39, 0.29) is 25.5 Å². The van der Waals surface area contributed by atoms with E-state index in [0.29, 0.717) is 6.61 Å². The van der Waals surface area contributed by atoms with Crippen molar-refractivity contribution in [1.29, 1.82) is 0 Å². The molecule has 2 heterocycles. The van der Waals surface area contributed by atoms with Gasteiger partial charge in [0, 0.05) is 6.20 Å². The van der Waals surface area contributed by atoms with Gasteiger partial charge < -0.3 is 29.4 Å². The summed E-state index contributed by atoms with van der Waals surface area (Å²) in [4.78, 5) is 17.4. The van der Waals surface area contributed by atoms with Crippen molar-refractivity contribution in [2.75, 3.05) is 13.2 Å². The van der Waals surface area contributed by atoms with Gasteiger partial charge in [0.2, 0.25) is 0 Å². The second-order valence-electron chi connectivity index (χ2n) is 9.84. The molecule has 8 heteroatoms. The van der Waals surface area contributed by atoms with Gasteiger partial charge in [-0.3, -0.25) is 9.78 Å². The monoisotopic (exact) mass is 554 g/mol. The Morgan fingerprint density at radius 2 is 1.32 bits per heavy atom. The third-order valence-corrected chi connectivity index (χ3v) is 6.95. The van der Waals surface area contributed by atoms with E-state index < -0.39 is 36.6 Å². The van der Waals surface area contributed by atoms with Crippen LogP contribution in [0.4, 0.5) is 0 Å². The van der Waals surface area contributed by atoms with Crippen LogP contribution in [-0.2, 0) is 38.8 Å². The van der Waals surface area contributed by atoms with Crippen LogP contribution >= 0.6 is 0 Å². The van der Waals surface area contributed by atoms with Gasteiger partial charge in [-0.1, -0.05) is 97.1 Å². The Balaban J connectivity index is 1.45. The first kappa shape index (κ1) is 28.6. The Hall–Kier alpha value is -3.92. The summed E-state index contributed by atoms with van der Waals surface area (Å²) < 4.78 is 25.6. The standard InChI is InChI=1S/C33H34N2O6/c36-24-33(35-32(37)28-18-10-11-19-34-28)31(40-22-27-16-8-3-9-17-27)30(39-21-26-14-6-2-7-15-26)29(23-41-33)38-20-25-12-4-1-5-13-25/h1-19,29-31,36H,20-24H2,(H,35,37)/t29-,30-,31+,33-/m1/s1. The summed E-state index contributed by atoms with van der Waals surface area (Å²) in [5, 5.41) is 13.6. The fourth-order valence-corrected chi connectivity index (χ4v) is 4.78. The van der Waals surface area contributed by atoms with Crippen LogP contribution in [-0.4, -0.2) is 53.2 Å². The molecule has 2 N–H and O–H groups in total. The quantitative estimate of drug-likeness (QED) is 0.270. The predicted molar refractivity (Wildman–Crippen MR) is 153 cm³/mol. The number of rotatable bonds is 12. The third-order valence-electron chi connectivity index (χ3n) is 6.95. The Labute approximate surface area is 239 Å². The molecule has 5 rings (SSSR count). The fraction of sp³-hybridized carbons (Fsp3) is 0.273. The molecule has 0 aliphatic carbocycles. The summed E-state index contributed by atoms with van der Waals surface area (Å²) in [7, 11) is 0. The van der Waals surface area contributed by atoms with Gasteiger partial charge in [-0.05, 0) is 28.8 Å². The number of carbonyl (C=O) groups excluding carboxylic acids is 1. The number of ether oxygens (including phenoxy) is 4. The largest absolute Gasteiger partial charge is 0.391 e. The van der Waals surface area contributed by atoms with Crippen molar-refractivity contribution in [3.05, 3.63) is 138 Å². The molecular formula is C33H34N2O6. The maximum absolute atomic E-state index is 13.3. The molecule has 4 atom stereocenters. The molecule has 41 heavy (non-hydrogen) atoms. The van der Waals surface area contributed by atoms with Crippen LogP contribution in [0, 0.1) is 0 Å². The van der Waals surface area contributed by atoms with Crippen molar-refractivity contribution in [2.24, 2.45) is 0 Å². The Bertz CT molecular complexity index is 1340. The zero-order valence-electron chi connectivity index (χ0n) is 22.7. The van der Waals surface area contributed by atoms with Crippen LogP contribution in [0.15, 0.2) is 115 Å². The zero-order valence-corrected chi connectivity index (χ0v) is 22.7. The molecule has 0 saturated carbocycles. The minimum atomic E-state index is -1.61. The first-order chi connectivity index (χ1) is 20.2. The summed E-state index contributed by atoms with van der Waals surface area (Å²) in [5.41, 5.74) is 1.46. The van der Waals surface area contributed by atoms with E-state index >= 15 is 0 Å². The molecule has 3 aromatic carbocycles. The first-order valence-electron chi connectivity index (χ1n) is 13.6. The number of hydrogen-bond acceptors (Lipinski definition) is 7. The molecule has 0 spiro atoms. The lowest BCUT2D eigenvalue weighted by atomic mass is 9.93. The number of benzene rings is 3. The Morgan fingerprint density at radius 1 is 0.780 bits per heavy atom. The number of pyridine rings is 1. The lowest BCUT2D eigenvalue weighted by Crippen LogP contribution is -2.71. The number of aromatic nitrogens is 1. The summed E-state index contributed by atoms with van der Waals surface area (Å²) in [6.07, 6.45) is -0.650. The average molecular weight is 555 g/mol. The van der Waals surface area contributed by atoms with E-state index in [1.165, 1.54) is 6.20 Å². The molecule has 1 aliphatic heterocycles. The highest BCUT2D eigenvalue weighted by molar-refractivity contribution is 5.92. The molecule has 1 fully saturated rings. The summed E-state index contributed by atoms with van der Waals surface area (Å²) >= 11 is 0. The SMILES string of the molecule is O=C(N[C@]1(CO)OC[C@@H](OCc2ccccc2)[C@@H](OCc2ccccc2)[C@@H]1OCc1ccccc1)c1ccccn1. The van der Waals surface area contributed by atoms with Crippen molar-refractivity contribution < 1.29 is 28.8 Å². The van der Waals surface area contributed by atoms with Crippen LogP contribution < -0.4 is 5.32 Å². The second kappa shape index (κ2) is 14.1. The minimum Gasteiger partial charge on any atom is -0.391 e. The highest BCUT2D eigenvalue weighted by Crippen LogP contribution is 2.32. The highest BCUT2D eigenvalue weighted by Gasteiger charge is 2.54. The van der Waals surface area contributed by atoms with Gasteiger partial charge in [0.05, 0.1) is 33.0 Å². The molecule has 1 aromatic heterocycles. The Kier molecular flexibility index (Phi) is 9.85. The molecule has 0 bridgehead atoms. The van der Waals surface area contributed by atoms with Gasteiger partial charge >= 0.3 is 0 Å². The van der Waals surface area contributed by atoms with Crippen LogP contribution in [0.25, 0.3) is 0 Å². The Morgan fingerprint density at radius 3 is 1.85 bits per heavy atom. The summed E-state index contributed by atoms with van der Waals surface area (Å²) in [6, 6.07) is 34.3.